The first-order chi connectivity index (χ1) is 10.6. The average molecular weight is 320 g/mol. The van der Waals surface area contributed by atoms with Crippen molar-refractivity contribution in [2.24, 2.45) is 5.73 Å². The molecule has 0 saturated carbocycles. The van der Waals surface area contributed by atoms with Crippen LogP contribution in [0.5, 0.6) is 0 Å². The lowest BCUT2D eigenvalue weighted by Gasteiger charge is -2.06. The molecule has 120 valence electrons. The van der Waals surface area contributed by atoms with Gasteiger partial charge in [-0.2, -0.15) is 0 Å². The Balaban J connectivity index is 0.00000102. The highest BCUT2D eigenvalue weighted by atomic mass is 35.5. The van der Waals surface area contributed by atoms with E-state index in [0.717, 1.165) is 16.7 Å². The fraction of sp³-hybridized carbons (Fsp3) is 0.278. The third-order valence-electron chi connectivity index (χ3n) is 2.45. The maximum absolute atomic E-state index is 5.93. The number of pyridine rings is 1. The van der Waals surface area contributed by atoms with Crippen molar-refractivity contribution in [3.63, 3.8) is 0 Å². The van der Waals surface area contributed by atoms with Crippen LogP contribution in [-0.4, -0.2) is 9.55 Å². The number of hydrogen-bond donors (Lipinski definition) is 1. The Morgan fingerprint density at radius 3 is 2.41 bits per heavy atom. The summed E-state index contributed by atoms with van der Waals surface area (Å²) in [6, 6.07) is 5.69. The summed E-state index contributed by atoms with van der Waals surface area (Å²) < 4.78 is 1.93. The van der Waals surface area contributed by atoms with Gasteiger partial charge in [0, 0.05) is 23.0 Å². The summed E-state index contributed by atoms with van der Waals surface area (Å²) in [4.78, 5) is 4.33. The molecule has 0 aliphatic heterocycles. The molecule has 0 unspecified atom stereocenters. The topological polar surface area (TPSA) is 43.8 Å². The predicted molar refractivity (Wildman–Crippen MR) is 99.9 cm³/mol. The fourth-order valence-electron chi connectivity index (χ4n) is 1.74. The lowest BCUT2D eigenvalue weighted by molar-refractivity contribution is 1.13. The predicted octanol–water partition coefficient (Wildman–Crippen LogP) is 5.63. The Morgan fingerprint density at radius 2 is 1.86 bits per heavy atom. The molecule has 2 heterocycles. The summed E-state index contributed by atoms with van der Waals surface area (Å²) in [5.41, 5.74) is 8.14. The smallest absolute Gasteiger partial charge is 0.146 e. The maximum atomic E-state index is 5.93. The first-order valence-electron chi connectivity index (χ1n) is 7.52. The van der Waals surface area contributed by atoms with Crippen LogP contribution < -0.4 is 5.73 Å². The molecule has 0 amide bonds. The van der Waals surface area contributed by atoms with Crippen LogP contribution >= 0.6 is 11.6 Å². The molecular formula is C18H26ClN3. The third kappa shape index (κ3) is 5.41. The van der Waals surface area contributed by atoms with E-state index in [1.165, 1.54) is 0 Å². The van der Waals surface area contributed by atoms with Gasteiger partial charge in [0.15, 0.2) is 0 Å². The van der Waals surface area contributed by atoms with Gasteiger partial charge in [-0.15, -0.1) is 0 Å². The third-order valence-corrected chi connectivity index (χ3v) is 2.66. The van der Waals surface area contributed by atoms with E-state index in [9.17, 15) is 0 Å². The molecule has 0 spiro atoms. The average Bonchev–Trinajstić information content (AvgIpc) is 2.93. The molecule has 2 N–H and O–H groups in total. The SMILES string of the molecule is C=C/C=C(\C=C(/C)N)n1ccc2ccc(Cl)nc21.CC.CC. The van der Waals surface area contributed by atoms with E-state index in [1.807, 2.05) is 69.7 Å². The molecule has 0 radical (unpaired) electrons. The quantitative estimate of drug-likeness (QED) is 0.588. The zero-order chi connectivity index (χ0) is 17.1. The number of nitrogens with two attached hydrogens (primary N) is 1. The summed E-state index contributed by atoms with van der Waals surface area (Å²) in [6.07, 6.45) is 7.38. The summed E-state index contributed by atoms with van der Waals surface area (Å²) >= 11 is 5.93. The molecule has 0 atom stereocenters. The standard InChI is InChI=1S/C14H14ClN3.2C2H6/c1-3-4-12(9-10(2)16)18-8-7-11-5-6-13(15)17-14(11)18;2*1-2/h3-9H,1,16H2,2H3;2*1-2H3/b10-9+,12-4+;;. The van der Waals surface area contributed by atoms with Gasteiger partial charge in [0.1, 0.15) is 10.8 Å². The fourth-order valence-corrected chi connectivity index (χ4v) is 1.89. The molecule has 22 heavy (non-hydrogen) atoms. The summed E-state index contributed by atoms with van der Waals surface area (Å²) in [5, 5.41) is 1.49. The van der Waals surface area contributed by atoms with Gasteiger partial charge in [-0.25, -0.2) is 4.98 Å². The van der Waals surface area contributed by atoms with E-state index in [-0.39, 0.29) is 0 Å². The minimum absolute atomic E-state index is 0.467. The van der Waals surface area contributed by atoms with Gasteiger partial charge < -0.3 is 10.3 Å². The van der Waals surface area contributed by atoms with Crippen molar-refractivity contribution in [2.75, 3.05) is 0 Å². The van der Waals surface area contributed by atoms with Gasteiger partial charge in [-0.1, -0.05) is 52.0 Å². The lowest BCUT2D eigenvalue weighted by atomic mass is 10.3. The van der Waals surface area contributed by atoms with Crippen LogP contribution in [0.2, 0.25) is 5.15 Å². The Bertz CT molecular complexity index is 647. The number of hydrogen-bond acceptors (Lipinski definition) is 2. The first-order valence-corrected chi connectivity index (χ1v) is 7.90. The second kappa shape index (κ2) is 10.7. The number of fused-ring (bicyclic) bond motifs is 1. The molecule has 3 nitrogen and oxygen atoms in total. The van der Waals surface area contributed by atoms with Crippen molar-refractivity contribution < 1.29 is 0 Å². The van der Waals surface area contributed by atoms with Crippen molar-refractivity contribution in [3.8, 4) is 0 Å². The Hall–Kier alpha value is -2.00. The number of rotatable bonds is 3. The van der Waals surface area contributed by atoms with Crippen LogP contribution in [0.1, 0.15) is 34.6 Å². The molecule has 0 aliphatic rings. The first kappa shape index (κ1) is 20.0. The van der Waals surface area contributed by atoms with Gasteiger partial charge in [0.05, 0.1) is 0 Å². The van der Waals surface area contributed by atoms with E-state index in [4.69, 9.17) is 17.3 Å². The Kier molecular flexibility index (Phi) is 9.72. The number of halogens is 1. The summed E-state index contributed by atoms with van der Waals surface area (Å²) in [7, 11) is 0. The number of allylic oxidation sites excluding steroid dienone is 5. The molecule has 0 aliphatic carbocycles. The van der Waals surface area contributed by atoms with Gasteiger partial charge in [0.25, 0.3) is 0 Å². The largest absolute Gasteiger partial charge is 0.402 e. The molecule has 2 rings (SSSR count). The van der Waals surface area contributed by atoms with Crippen LogP contribution in [0.3, 0.4) is 0 Å². The highest BCUT2D eigenvalue weighted by Crippen LogP contribution is 2.21. The number of nitrogens with zero attached hydrogens (tertiary/aromatic N) is 2. The minimum Gasteiger partial charge on any atom is -0.402 e. The molecule has 0 aromatic carbocycles. The molecule has 0 saturated heterocycles. The van der Waals surface area contributed by atoms with Crippen molar-refractivity contribution in [2.45, 2.75) is 34.6 Å². The maximum Gasteiger partial charge on any atom is 0.146 e. The van der Waals surface area contributed by atoms with Gasteiger partial charge >= 0.3 is 0 Å². The summed E-state index contributed by atoms with van der Waals surface area (Å²) in [6.45, 7) is 13.5. The monoisotopic (exact) mass is 319 g/mol. The zero-order valence-electron chi connectivity index (χ0n) is 14.1. The normalized spacial score (nSPS) is 11.2. The van der Waals surface area contributed by atoms with Crippen LogP contribution in [0, 0.1) is 0 Å². The van der Waals surface area contributed by atoms with Crippen molar-refractivity contribution >= 4 is 28.3 Å². The lowest BCUT2D eigenvalue weighted by Crippen LogP contribution is -1.98. The van der Waals surface area contributed by atoms with Crippen molar-refractivity contribution in [1.29, 1.82) is 0 Å². The molecule has 0 bridgehead atoms. The van der Waals surface area contributed by atoms with Gasteiger partial charge in [-0.05, 0) is 37.3 Å². The Morgan fingerprint density at radius 1 is 1.23 bits per heavy atom. The molecule has 2 aromatic heterocycles. The molecular weight excluding hydrogens is 294 g/mol. The van der Waals surface area contributed by atoms with Crippen molar-refractivity contribution in [1.82, 2.24) is 9.55 Å². The summed E-state index contributed by atoms with van der Waals surface area (Å²) in [5.74, 6) is 0. The second-order valence-corrected chi connectivity index (χ2v) is 4.34. The highest BCUT2D eigenvalue weighted by molar-refractivity contribution is 6.29. The second-order valence-electron chi connectivity index (χ2n) is 3.95. The Labute approximate surface area is 138 Å². The van der Waals surface area contributed by atoms with E-state index in [2.05, 4.69) is 11.6 Å². The number of aromatic nitrogens is 2. The van der Waals surface area contributed by atoms with E-state index < -0.39 is 0 Å². The van der Waals surface area contributed by atoms with E-state index in [0.29, 0.717) is 10.9 Å². The van der Waals surface area contributed by atoms with Crippen LogP contribution in [0.25, 0.3) is 16.7 Å². The van der Waals surface area contributed by atoms with Crippen LogP contribution in [0.15, 0.2) is 54.9 Å². The van der Waals surface area contributed by atoms with Crippen LogP contribution in [0.4, 0.5) is 0 Å². The molecule has 2 aromatic rings. The van der Waals surface area contributed by atoms with Crippen molar-refractivity contribution in [3.05, 3.63) is 60.1 Å². The van der Waals surface area contributed by atoms with E-state index >= 15 is 0 Å². The van der Waals surface area contributed by atoms with Gasteiger partial charge in [0.2, 0.25) is 0 Å². The minimum atomic E-state index is 0.467. The van der Waals surface area contributed by atoms with Crippen LogP contribution in [-0.2, 0) is 0 Å². The van der Waals surface area contributed by atoms with E-state index in [1.54, 1.807) is 12.1 Å². The zero-order valence-corrected chi connectivity index (χ0v) is 14.9. The highest BCUT2D eigenvalue weighted by Gasteiger charge is 2.05. The molecule has 4 heteroatoms. The molecule has 0 fully saturated rings. The van der Waals surface area contributed by atoms with Gasteiger partial charge in [-0.3, -0.25) is 0 Å².